The first-order valence-corrected chi connectivity index (χ1v) is 20.3. The van der Waals surface area contributed by atoms with Gasteiger partial charge in [0.25, 0.3) is 5.88 Å². The van der Waals surface area contributed by atoms with E-state index < -0.39 is 49.2 Å². The second kappa shape index (κ2) is 13.0. The Hall–Kier alpha value is -2.91. The van der Waals surface area contributed by atoms with Gasteiger partial charge in [0.1, 0.15) is 23.4 Å². The molecule has 14 heteroatoms. The Bertz CT molecular complexity index is 1780. The summed E-state index contributed by atoms with van der Waals surface area (Å²) in [4.78, 5) is 25.8. The highest BCUT2D eigenvalue weighted by molar-refractivity contribution is 7.87. The zero-order chi connectivity index (χ0) is 36.4. The van der Waals surface area contributed by atoms with Gasteiger partial charge in [-0.3, -0.25) is 9.36 Å². The maximum absolute atomic E-state index is 14.2. The number of ether oxygens (including phenoxy) is 2. The molecule has 0 saturated carbocycles. The highest BCUT2D eigenvalue weighted by Gasteiger charge is 2.65. The number of benzene rings is 1. The summed E-state index contributed by atoms with van der Waals surface area (Å²) >= 11 is 0. The molecular weight excluding hydrogens is 665 g/mol. The zero-order valence-electron chi connectivity index (χ0n) is 31.0. The number of imidazole rings is 1. The molecule has 0 amide bonds. The lowest BCUT2D eigenvalue weighted by Gasteiger charge is -2.53. The largest absolute Gasteiger partial charge is 0.455 e. The van der Waals surface area contributed by atoms with E-state index in [1.165, 1.54) is 19.6 Å². The van der Waals surface area contributed by atoms with Gasteiger partial charge < -0.3 is 22.5 Å². The molecule has 3 aromatic rings. The number of aromatic nitrogens is 4. The summed E-state index contributed by atoms with van der Waals surface area (Å²) in [5.74, 6) is -0.659. The molecule has 270 valence electrons. The lowest BCUT2D eigenvalue weighted by Crippen LogP contribution is -2.65. The normalized spacial score (nSPS) is 23.0. The van der Waals surface area contributed by atoms with Gasteiger partial charge >= 0.3 is 24.6 Å². The summed E-state index contributed by atoms with van der Waals surface area (Å²) in [7, 11) is -7.31. The Morgan fingerprint density at radius 3 is 2.04 bits per heavy atom. The van der Waals surface area contributed by atoms with Gasteiger partial charge in [0, 0.05) is 17.0 Å². The molecule has 49 heavy (non-hydrogen) atoms. The first kappa shape index (κ1) is 37.3. The Morgan fingerprint density at radius 2 is 1.53 bits per heavy atom. The number of carbonyl (C=O) groups is 1. The van der Waals surface area contributed by atoms with Crippen LogP contribution in [0.3, 0.4) is 0 Å². The predicted molar refractivity (Wildman–Crippen MR) is 187 cm³/mol. The molecule has 0 N–H and O–H groups in total. The zero-order valence-corrected chi connectivity index (χ0v) is 32.8. The van der Waals surface area contributed by atoms with Crippen LogP contribution in [-0.4, -0.2) is 67.4 Å². The Labute approximate surface area is 291 Å². The molecule has 5 rings (SSSR count). The third-order valence-electron chi connectivity index (χ3n) is 9.43. The smallest absolute Gasteiger partial charge is 0.349 e. The number of hydrogen-bond donors (Lipinski definition) is 0. The van der Waals surface area contributed by atoms with Crippen molar-refractivity contribution in [2.45, 2.75) is 147 Å². The number of nitrogens with zero attached hydrogens (tertiary/aromatic N) is 4. The van der Waals surface area contributed by atoms with Crippen molar-refractivity contribution in [2.75, 3.05) is 6.61 Å². The molecule has 0 spiro atoms. The van der Waals surface area contributed by atoms with Crippen LogP contribution in [0.5, 0.6) is 5.88 Å². The average Bonchev–Trinajstić information content (AvgIpc) is 3.56. The molecule has 12 nitrogen and oxygen atoms in total. The summed E-state index contributed by atoms with van der Waals surface area (Å²) < 4.78 is 61.7. The second-order valence-corrected chi connectivity index (χ2v) is 22.4. The molecule has 2 aliphatic rings. The average molecular weight is 717 g/mol. The van der Waals surface area contributed by atoms with E-state index in [1.54, 1.807) is 4.57 Å². The number of carbonyl (C=O) groups excluding carboxylic acids is 1. The summed E-state index contributed by atoms with van der Waals surface area (Å²) in [5.41, 5.74) is 2.80. The molecule has 1 unspecified atom stereocenters. The first-order valence-electron chi connectivity index (χ1n) is 17.0. The van der Waals surface area contributed by atoms with Crippen LogP contribution in [0.25, 0.3) is 11.2 Å². The van der Waals surface area contributed by atoms with Crippen molar-refractivity contribution in [2.24, 2.45) is 0 Å². The van der Waals surface area contributed by atoms with Crippen molar-refractivity contribution in [1.29, 1.82) is 0 Å². The van der Waals surface area contributed by atoms with E-state index in [9.17, 15) is 13.2 Å². The monoisotopic (exact) mass is 716 g/mol. The van der Waals surface area contributed by atoms with Crippen molar-refractivity contribution >= 4 is 35.8 Å². The van der Waals surface area contributed by atoms with Crippen molar-refractivity contribution in [3.8, 4) is 5.88 Å². The highest BCUT2D eigenvalue weighted by Crippen LogP contribution is 2.56. The molecule has 4 atom stereocenters. The van der Waals surface area contributed by atoms with Crippen LogP contribution in [0.15, 0.2) is 29.7 Å². The van der Waals surface area contributed by atoms with Crippen LogP contribution in [0.1, 0.15) is 131 Å². The third-order valence-corrected chi connectivity index (χ3v) is 15.9. The van der Waals surface area contributed by atoms with Gasteiger partial charge in [-0.05, 0) is 34.4 Å². The molecule has 0 bridgehead atoms. The maximum Gasteiger partial charge on any atom is 0.349 e. The lowest BCUT2D eigenvalue weighted by atomic mass is 9.89. The molecule has 0 radical (unpaired) electrons. The van der Waals surface area contributed by atoms with Crippen LogP contribution in [0.2, 0.25) is 10.1 Å². The van der Waals surface area contributed by atoms with E-state index in [2.05, 4.69) is 70.3 Å². The van der Waals surface area contributed by atoms with Crippen molar-refractivity contribution in [1.82, 2.24) is 19.5 Å². The molecular formula is C35H52N4O8SSi. The van der Waals surface area contributed by atoms with Crippen molar-refractivity contribution in [3.05, 3.63) is 41.5 Å². The molecule has 2 aliphatic heterocycles. The fraction of sp³-hybridized carbons (Fsp3) is 0.657. The predicted octanol–water partition coefficient (Wildman–Crippen LogP) is 7.25. The van der Waals surface area contributed by atoms with E-state index in [4.69, 9.17) is 22.5 Å². The third kappa shape index (κ3) is 6.66. The summed E-state index contributed by atoms with van der Waals surface area (Å²) in [5, 5.41) is -0.608. The second-order valence-electron chi connectivity index (χ2n) is 16.2. The first-order chi connectivity index (χ1) is 22.6. The quantitative estimate of drug-likeness (QED) is 0.132. The van der Waals surface area contributed by atoms with Gasteiger partial charge in [-0.1, -0.05) is 95.2 Å². The fourth-order valence-electron chi connectivity index (χ4n) is 7.26. The minimum atomic E-state index is -4.37. The van der Waals surface area contributed by atoms with Gasteiger partial charge in [-0.25, -0.2) is 9.97 Å². The van der Waals surface area contributed by atoms with Crippen molar-refractivity contribution in [3.63, 3.8) is 0 Å². The van der Waals surface area contributed by atoms with Gasteiger partial charge in [0.2, 0.25) is 0 Å². The highest BCUT2D eigenvalue weighted by atomic mass is 32.2. The Balaban J connectivity index is 1.56. The van der Waals surface area contributed by atoms with E-state index in [-0.39, 0.29) is 56.4 Å². The fourth-order valence-corrected chi connectivity index (χ4v) is 13.8. The van der Waals surface area contributed by atoms with Crippen molar-refractivity contribution < 1.29 is 35.7 Å². The van der Waals surface area contributed by atoms with Crippen LogP contribution < -0.4 is 4.18 Å². The Morgan fingerprint density at radius 1 is 0.939 bits per heavy atom. The number of rotatable bonds is 8. The van der Waals surface area contributed by atoms with Gasteiger partial charge in [0.05, 0.1) is 12.9 Å². The van der Waals surface area contributed by atoms with Crippen LogP contribution in [-0.2, 0) is 33.2 Å². The van der Waals surface area contributed by atoms with E-state index in [0.717, 1.165) is 5.56 Å². The minimum absolute atomic E-state index is 0.0833. The molecule has 0 aliphatic carbocycles. The van der Waals surface area contributed by atoms with Crippen LogP contribution in [0, 0.1) is 0 Å². The van der Waals surface area contributed by atoms with Crippen LogP contribution in [0.4, 0.5) is 0 Å². The number of esters is 1. The van der Waals surface area contributed by atoms with E-state index >= 15 is 0 Å². The number of hydrogen-bond acceptors (Lipinski definition) is 11. The van der Waals surface area contributed by atoms with E-state index in [1.807, 2.05) is 39.8 Å². The minimum Gasteiger partial charge on any atom is -0.455 e. The van der Waals surface area contributed by atoms with Gasteiger partial charge in [-0.2, -0.15) is 13.4 Å². The lowest BCUT2D eigenvalue weighted by molar-refractivity contribution is -0.155. The molecule has 2 aromatic heterocycles. The molecule has 2 fully saturated rings. The van der Waals surface area contributed by atoms with Gasteiger partial charge in [0.15, 0.2) is 23.5 Å². The summed E-state index contributed by atoms with van der Waals surface area (Å²) in [6.07, 6.45) is -0.203. The maximum atomic E-state index is 14.2. The molecule has 4 heterocycles. The molecule has 2 saturated heterocycles. The SMILES string of the molecule is CC(=O)O[C@H]1C(n2cnc3c(OS(=O)(=O)c4c(C(C)C)cc(C(C)C)cc4C(C)C)ncnc32)O[C@@H]2CO[Si](C(C)(C)C)(C(C)(C)C)O[C@H]21. The standard InChI is InChI=1S/C35H52N4O8SSi/c1-19(2)23-14-24(20(3)4)30(25(15-23)21(5)6)48(41,42)46-32-27-31(36-17-37-32)39(18-38-27)33-29(44-22(7)40)28-26(45-33)16-43-49(47-28,34(8,9)10)35(11,12)13/h14-15,17-21,26,28-29,33H,16H2,1-13H3/t26-,28-,29-,33?/m1/s1. The topological polar surface area (TPSA) is 141 Å². The summed E-state index contributed by atoms with van der Waals surface area (Å²) in [6, 6.07) is 3.91. The molecule has 1 aromatic carbocycles. The number of fused-ring (bicyclic) bond motifs is 2. The van der Waals surface area contributed by atoms with E-state index in [0.29, 0.717) is 11.1 Å². The van der Waals surface area contributed by atoms with Crippen LogP contribution >= 0.6 is 0 Å². The summed E-state index contributed by atoms with van der Waals surface area (Å²) in [6.45, 7) is 26.3. The van der Waals surface area contributed by atoms with Gasteiger partial charge in [-0.15, -0.1) is 0 Å². The Kier molecular flexibility index (Phi) is 9.91.